The van der Waals surface area contributed by atoms with E-state index in [2.05, 4.69) is 9.72 Å². The molecular weight excluding hydrogens is 149 g/mol. The van der Waals surface area contributed by atoms with Crippen LogP contribution in [0.3, 0.4) is 0 Å². The fourth-order valence-electron chi connectivity index (χ4n) is 0.710. The molecule has 1 N–H and O–H groups in total. The second kappa shape index (κ2) is 3.30. The van der Waals surface area contributed by atoms with Crippen molar-refractivity contribution in [3.05, 3.63) is 23.6 Å². The number of aromatic nitrogens is 1. The van der Waals surface area contributed by atoms with Gasteiger partial charge in [-0.15, -0.1) is 0 Å². The van der Waals surface area contributed by atoms with Gasteiger partial charge in [0.15, 0.2) is 0 Å². The molecule has 0 saturated carbocycles. The number of ether oxygens (including phenoxy) is 1. The quantitative estimate of drug-likeness (QED) is 0.687. The van der Waals surface area contributed by atoms with Gasteiger partial charge in [-0.2, -0.15) is 0 Å². The molecule has 1 aromatic rings. The third-order valence-electron chi connectivity index (χ3n) is 1.19. The topological polar surface area (TPSA) is 42.4 Å². The van der Waals surface area contributed by atoms with Gasteiger partial charge in [0, 0.05) is 6.07 Å². The van der Waals surface area contributed by atoms with Gasteiger partial charge in [-0.05, 0) is 6.07 Å². The molecule has 0 fully saturated rings. The molecule has 1 rings (SSSR count). The maximum absolute atomic E-state index is 12.6. The molecule has 0 aliphatic heterocycles. The number of nitrogens with zero attached hydrogens (tertiary/aromatic N) is 1. The largest absolute Gasteiger partial charge is 0.481 e. The minimum absolute atomic E-state index is 0.175. The summed E-state index contributed by atoms with van der Waals surface area (Å²) in [6.45, 7) is -0.284. The van der Waals surface area contributed by atoms with Crippen molar-refractivity contribution in [2.24, 2.45) is 0 Å². The summed E-state index contributed by atoms with van der Waals surface area (Å²) in [4.78, 5) is 3.76. The summed E-state index contributed by atoms with van der Waals surface area (Å²) in [6.07, 6.45) is 0. The third kappa shape index (κ3) is 1.88. The Bertz CT molecular complexity index is 230. The van der Waals surface area contributed by atoms with Crippen LogP contribution in [-0.4, -0.2) is 17.2 Å². The SMILES string of the molecule is COc1cc(F)cc(CO)n1. The van der Waals surface area contributed by atoms with Crippen LogP contribution in [0.1, 0.15) is 5.69 Å². The van der Waals surface area contributed by atoms with Crippen LogP contribution in [0.5, 0.6) is 5.88 Å². The van der Waals surface area contributed by atoms with E-state index in [-0.39, 0.29) is 18.2 Å². The minimum Gasteiger partial charge on any atom is -0.481 e. The van der Waals surface area contributed by atoms with Gasteiger partial charge in [-0.3, -0.25) is 0 Å². The van der Waals surface area contributed by atoms with Crippen molar-refractivity contribution < 1.29 is 14.2 Å². The van der Waals surface area contributed by atoms with Gasteiger partial charge >= 0.3 is 0 Å². The second-order valence-corrected chi connectivity index (χ2v) is 1.98. The Balaban J connectivity index is 3.02. The zero-order chi connectivity index (χ0) is 8.27. The first kappa shape index (κ1) is 7.94. The average molecular weight is 157 g/mol. The fraction of sp³-hybridized carbons (Fsp3) is 0.286. The average Bonchev–Trinajstić information content (AvgIpc) is 2.03. The molecule has 0 aliphatic carbocycles. The summed E-state index contributed by atoms with van der Waals surface area (Å²) in [5.74, 6) is -0.282. The molecule has 0 aromatic carbocycles. The molecular formula is C7H8FNO2. The molecule has 1 heterocycles. The lowest BCUT2D eigenvalue weighted by Crippen LogP contribution is -1.94. The van der Waals surface area contributed by atoms with Crippen LogP contribution in [-0.2, 0) is 6.61 Å². The van der Waals surface area contributed by atoms with Crippen molar-refractivity contribution in [1.82, 2.24) is 4.98 Å². The first-order chi connectivity index (χ1) is 5.26. The molecule has 0 bridgehead atoms. The van der Waals surface area contributed by atoms with Crippen molar-refractivity contribution in [2.75, 3.05) is 7.11 Å². The molecule has 3 nitrogen and oxygen atoms in total. The highest BCUT2D eigenvalue weighted by atomic mass is 19.1. The Morgan fingerprint density at radius 1 is 1.64 bits per heavy atom. The van der Waals surface area contributed by atoms with E-state index in [4.69, 9.17) is 5.11 Å². The van der Waals surface area contributed by atoms with Crippen molar-refractivity contribution >= 4 is 0 Å². The first-order valence-corrected chi connectivity index (χ1v) is 3.07. The van der Waals surface area contributed by atoms with Crippen LogP contribution < -0.4 is 4.74 Å². The normalized spacial score (nSPS) is 9.73. The van der Waals surface area contributed by atoms with Gasteiger partial charge in [0.2, 0.25) is 5.88 Å². The van der Waals surface area contributed by atoms with Crippen molar-refractivity contribution in [2.45, 2.75) is 6.61 Å². The number of aliphatic hydroxyl groups is 1. The third-order valence-corrected chi connectivity index (χ3v) is 1.19. The van der Waals surface area contributed by atoms with Gasteiger partial charge in [0.05, 0.1) is 19.4 Å². The summed E-state index contributed by atoms with van der Waals surface area (Å²) in [7, 11) is 1.39. The van der Waals surface area contributed by atoms with Crippen molar-refractivity contribution in [3.8, 4) is 5.88 Å². The number of rotatable bonds is 2. The molecule has 0 radical (unpaired) electrons. The monoisotopic (exact) mass is 157 g/mol. The fourth-order valence-corrected chi connectivity index (χ4v) is 0.710. The molecule has 11 heavy (non-hydrogen) atoms. The van der Waals surface area contributed by atoms with Crippen LogP contribution in [0, 0.1) is 5.82 Å². The minimum atomic E-state index is -0.457. The van der Waals surface area contributed by atoms with Crippen LogP contribution in [0.25, 0.3) is 0 Å². The van der Waals surface area contributed by atoms with Crippen LogP contribution in [0.15, 0.2) is 12.1 Å². The van der Waals surface area contributed by atoms with E-state index in [0.717, 1.165) is 12.1 Å². The van der Waals surface area contributed by atoms with E-state index in [1.165, 1.54) is 7.11 Å². The number of halogens is 1. The lowest BCUT2D eigenvalue weighted by molar-refractivity contribution is 0.273. The van der Waals surface area contributed by atoms with Crippen molar-refractivity contribution in [1.29, 1.82) is 0 Å². The van der Waals surface area contributed by atoms with Gasteiger partial charge in [-0.25, -0.2) is 9.37 Å². The second-order valence-electron chi connectivity index (χ2n) is 1.98. The molecule has 0 unspecified atom stereocenters. The summed E-state index contributed by atoms with van der Waals surface area (Å²) in [5, 5.41) is 8.60. The predicted octanol–water partition coefficient (Wildman–Crippen LogP) is 0.722. The Morgan fingerprint density at radius 2 is 2.36 bits per heavy atom. The van der Waals surface area contributed by atoms with Gasteiger partial charge in [0.25, 0.3) is 0 Å². The molecule has 4 heteroatoms. The van der Waals surface area contributed by atoms with E-state index < -0.39 is 5.82 Å². The van der Waals surface area contributed by atoms with Crippen LogP contribution in [0.2, 0.25) is 0 Å². The molecule has 0 saturated heterocycles. The maximum Gasteiger partial charge on any atom is 0.216 e. The van der Waals surface area contributed by atoms with E-state index >= 15 is 0 Å². The van der Waals surface area contributed by atoms with Crippen LogP contribution in [0.4, 0.5) is 4.39 Å². The molecule has 0 aliphatic rings. The van der Waals surface area contributed by atoms with E-state index in [1.54, 1.807) is 0 Å². The summed E-state index contributed by atoms with van der Waals surface area (Å²) in [5.41, 5.74) is 0.266. The first-order valence-electron chi connectivity index (χ1n) is 3.07. The zero-order valence-corrected chi connectivity index (χ0v) is 6.04. The lowest BCUT2D eigenvalue weighted by atomic mass is 10.3. The number of methoxy groups -OCH3 is 1. The number of hydrogen-bond acceptors (Lipinski definition) is 3. The molecule has 60 valence electrons. The molecule has 0 spiro atoms. The predicted molar refractivity (Wildman–Crippen MR) is 36.7 cm³/mol. The van der Waals surface area contributed by atoms with E-state index in [0.29, 0.717) is 0 Å². The summed E-state index contributed by atoms with van der Waals surface area (Å²) >= 11 is 0. The van der Waals surface area contributed by atoms with Crippen molar-refractivity contribution in [3.63, 3.8) is 0 Å². The Kier molecular flexibility index (Phi) is 2.38. The Labute approximate surface area is 63.5 Å². The smallest absolute Gasteiger partial charge is 0.216 e. The highest BCUT2D eigenvalue weighted by molar-refractivity contribution is 5.16. The Hall–Kier alpha value is -1.16. The van der Waals surface area contributed by atoms with Gasteiger partial charge in [0.1, 0.15) is 5.82 Å². The Morgan fingerprint density at radius 3 is 2.91 bits per heavy atom. The molecule has 0 amide bonds. The maximum atomic E-state index is 12.6. The zero-order valence-electron chi connectivity index (χ0n) is 6.04. The van der Waals surface area contributed by atoms with Gasteiger partial charge < -0.3 is 9.84 Å². The number of aliphatic hydroxyl groups excluding tert-OH is 1. The highest BCUT2D eigenvalue weighted by Gasteiger charge is 2.00. The van der Waals surface area contributed by atoms with Gasteiger partial charge in [-0.1, -0.05) is 0 Å². The number of pyridine rings is 1. The highest BCUT2D eigenvalue weighted by Crippen LogP contribution is 2.10. The lowest BCUT2D eigenvalue weighted by Gasteiger charge is -2.00. The molecule has 1 aromatic heterocycles. The van der Waals surface area contributed by atoms with E-state index in [9.17, 15) is 4.39 Å². The molecule has 0 atom stereocenters. The number of hydrogen-bond donors (Lipinski definition) is 1. The van der Waals surface area contributed by atoms with Crippen LogP contribution >= 0.6 is 0 Å². The summed E-state index contributed by atoms with van der Waals surface area (Å²) in [6, 6.07) is 2.31. The van der Waals surface area contributed by atoms with E-state index in [1.807, 2.05) is 0 Å². The summed E-state index contributed by atoms with van der Waals surface area (Å²) < 4.78 is 17.2. The standard InChI is InChI=1S/C7H8FNO2/c1-11-7-3-5(8)2-6(4-10)9-7/h2-3,10H,4H2,1H3.